The number of benzene rings is 1. The maximum Gasteiger partial charge on any atom is 0.248 e. The van der Waals surface area contributed by atoms with E-state index < -0.39 is 15.9 Å². The standard InChI is InChI=1S/C17H21N3O4S/c18-17(21)13-5-7-14(8-6-13)25(22,23)19-12-15(16-4-3-11-24-16)20-9-1-2-10-20/h3-8,11,15,19H,1-2,9-10,12H2,(H2,18,21). The number of primary amides is 1. The lowest BCUT2D eigenvalue weighted by Gasteiger charge is -2.25. The number of hydrogen-bond acceptors (Lipinski definition) is 5. The van der Waals surface area contributed by atoms with E-state index in [0.717, 1.165) is 31.7 Å². The Kier molecular flexibility index (Phi) is 5.22. The highest BCUT2D eigenvalue weighted by Crippen LogP contribution is 2.25. The van der Waals surface area contributed by atoms with Gasteiger partial charge < -0.3 is 10.2 Å². The molecule has 0 aliphatic carbocycles. The Morgan fingerprint density at radius 2 is 1.88 bits per heavy atom. The van der Waals surface area contributed by atoms with Crippen LogP contribution in [0.5, 0.6) is 0 Å². The van der Waals surface area contributed by atoms with Crippen LogP contribution in [0.2, 0.25) is 0 Å². The van der Waals surface area contributed by atoms with Crippen molar-refractivity contribution in [2.45, 2.75) is 23.8 Å². The van der Waals surface area contributed by atoms with Gasteiger partial charge in [0.15, 0.2) is 0 Å². The molecule has 7 nitrogen and oxygen atoms in total. The molecule has 1 aromatic carbocycles. The van der Waals surface area contributed by atoms with Gasteiger partial charge in [0.25, 0.3) is 0 Å². The van der Waals surface area contributed by atoms with Gasteiger partial charge in [-0.05, 0) is 62.3 Å². The van der Waals surface area contributed by atoms with Gasteiger partial charge in [0.2, 0.25) is 15.9 Å². The van der Waals surface area contributed by atoms with Gasteiger partial charge in [0, 0.05) is 12.1 Å². The number of carbonyl (C=O) groups excluding carboxylic acids is 1. The number of nitrogens with zero attached hydrogens (tertiary/aromatic N) is 1. The highest BCUT2D eigenvalue weighted by Gasteiger charge is 2.27. The Balaban J connectivity index is 1.73. The van der Waals surface area contributed by atoms with E-state index in [-0.39, 0.29) is 23.0 Å². The zero-order chi connectivity index (χ0) is 17.9. The average molecular weight is 363 g/mol. The van der Waals surface area contributed by atoms with Crippen LogP contribution in [0.4, 0.5) is 0 Å². The monoisotopic (exact) mass is 363 g/mol. The van der Waals surface area contributed by atoms with E-state index in [2.05, 4.69) is 9.62 Å². The van der Waals surface area contributed by atoms with Crippen LogP contribution in [0.3, 0.4) is 0 Å². The van der Waals surface area contributed by atoms with Crippen molar-refractivity contribution in [3.8, 4) is 0 Å². The molecular weight excluding hydrogens is 342 g/mol. The van der Waals surface area contributed by atoms with Crippen molar-refractivity contribution in [3.05, 3.63) is 54.0 Å². The van der Waals surface area contributed by atoms with Gasteiger partial charge in [0.05, 0.1) is 17.2 Å². The normalized spacial score (nSPS) is 16.8. The zero-order valence-electron chi connectivity index (χ0n) is 13.7. The van der Waals surface area contributed by atoms with Crippen LogP contribution in [-0.2, 0) is 10.0 Å². The van der Waals surface area contributed by atoms with Crippen molar-refractivity contribution >= 4 is 15.9 Å². The van der Waals surface area contributed by atoms with Crippen LogP contribution in [0.25, 0.3) is 0 Å². The van der Waals surface area contributed by atoms with Crippen LogP contribution in [0.1, 0.15) is 35.0 Å². The summed E-state index contributed by atoms with van der Waals surface area (Å²) >= 11 is 0. The number of carbonyl (C=O) groups is 1. The lowest BCUT2D eigenvalue weighted by molar-refractivity contribution is 0.1000. The van der Waals surface area contributed by atoms with Crippen LogP contribution in [0.15, 0.2) is 52.0 Å². The SMILES string of the molecule is NC(=O)c1ccc(S(=O)(=O)NCC(c2ccco2)N2CCCC2)cc1. The van der Waals surface area contributed by atoms with Crippen molar-refractivity contribution in [3.63, 3.8) is 0 Å². The number of rotatable bonds is 7. The first-order valence-electron chi connectivity index (χ1n) is 8.14. The van der Waals surface area contributed by atoms with E-state index in [4.69, 9.17) is 10.2 Å². The second kappa shape index (κ2) is 7.38. The number of nitrogens with one attached hydrogen (secondary N) is 1. The Morgan fingerprint density at radius 3 is 2.44 bits per heavy atom. The molecule has 3 rings (SSSR count). The predicted octanol–water partition coefficient (Wildman–Crippen LogP) is 1.49. The summed E-state index contributed by atoms with van der Waals surface area (Å²) < 4.78 is 33.2. The number of amides is 1. The molecule has 1 aliphatic rings. The summed E-state index contributed by atoms with van der Waals surface area (Å²) in [4.78, 5) is 13.4. The molecule has 0 radical (unpaired) electrons. The van der Waals surface area contributed by atoms with E-state index >= 15 is 0 Å². The molecule has 0 bridgehead atoms. The Bertz CT molecular complexity index is 810. The minimum Gasteiger partial charge on any atom is -0.468 e. The van der Waals surface area contributed by atoms with Crippen molar-refractivity contribution in [2.24, 2.45) is 5.73 Å². The maximum absolute atomic E-state index is 12.5. The van der Waals surface area contributed by atoms with Gasteiger partial charge in [-0.3, -0.25) is 9.69 Å². The second-order valence-electron chi connectivity index (χ2n) is 6.01. The molecule has 3 N–H and O–H groups in total. The molecule has 8 heteroatoms. The van der Waals surface area contributed by atoms with Gasteiger partial charge in [-0.1, -0.05) is 0 Å². The Morgan fingerprint density at radius 1 is 1.20 bits per heavy atom. The topological polar surface area (TPSA) is 106 Å². The van der Waals surface area contributed by atoms with E-state index in [1.165, 1.54) is 24.3 Å². The molecule has 1 saturated heterocycles. The molecule has 1 aromatic heterocycles. The van der Waals surface area contributed by atoms with Crippen LogP contribution < -0.4 is 10.5 Å². The maximum atomic E-state index is 12.5. The summed E-state index contributed by atoms with van der Waals surface area (Å²) in [7, 11) is -3.69. The molecule has 1 fully saturated rings. The molecule has 25 heavy (non-hydrogen) atoms. The summed E-state index contributed by atoms with van der Waals surface area (Å²) in [5.74, 6) is 0.150. The van der Waals surface area contributed by atoms with Crippen LogP contribution >= 0.6 is 0 Å². The van der Waals surface area contributed by atoms with Crippen LogP contribution in [0, 0.1) is 0 Å². The summed E-state index contributed by atoms with van der Waals surface area (Å²) in [6.45, 7) is 2.05. The fraction of sp³-hybridized carbons (Fsp3) is 0.353. The average Bonchev–Trinajstić information content (AvgIpc) is 3.29. The third-order valence-electron chi connectivity index (χ3n) is 4.37. The quantitative estimate of drug-likeness (QED) is 0.775. The van der Waals surface area contributed by atoms with E-state index in [1.54, 1.807) is 12.3 Å². The summed E-state index contributed by atoms with van der Waals surface area (Å²) in [5, 5.41) is 0. The largest absolute Gasteiger partial charge is 0.468 e. The van der Waals surface area contributed by atoms with Crippen molar-refractivity contribution in [2.75, 3.05) is 19.6 Å². The van der Waals surface area contributed by atoms with Crippen molar-refractivity contribution in [1.82, 2.24) is 9.62 Å². The first-order chi connectivity index (χ1) is 12.0. The minimum absolute atomic E-state index is 0.0946. The van der Waals surface area contributed by atoms with E-state index in [0.29, 0.717) is 0 Å². The van der Waals surface area contributed by atoms with Crippen molar-refractivity contribution < 1.29 is 17.6 Å². The summed E-state index contributed by atoms with van der Waals surface area (Å²) in [6.07, 6.45) is 3.78. The molecule has 0 spiro atoms. The molecule has 1 aliphatic heterocycles. The lowest BCUT2D eigenvalue weighted by atomic mass is 10.2. The molecule has 1 atom stereocenters. The smallest absolute Gasteiger partial charge is 0.248 e. The zero-order valence-corrected chi connectivity index (χ0v) is 14.5. The second-order valence-corrected chi connectivity index (χ2v) is 7.78. The lowest BCUT2D eigenvalue weighted by Crippen LogP contribution is -2.36. The number of hydrogen-bond donors (Lipinski definition) is 2. The summed E-state index contributed by atoms with van der Waals surface area (Å²) in [6, 6.07) is 9.08. The third kappa shape index (κ3) is 4.09. The summed E-state index contributed by atoms with van der Waals surface area (Å²) in [5.41, 5.74) is 5.44. The number of likely N-dealkylation sites (tertiary alicyclic amines) is 1. The molecular formula is C17H21N3O4S. The molecule has 2 heterocycles. The highest BCUT2D eigenvalue weighted by atomic mass is 32.2. The fourth-order valence-corrected chi connectivity index (χ4v) is 4.05. The van der Waals surface area contributed by atoms with Gasteiger partial charge >= 0.3 is 0 Å². The van der Waals surface area contributed by atoms with Crippen LogP contribution in [-0.4, -0.2) is 38.9 Å². The molecule has 1 amide bonds. The van der Waals surface area contributed by atoms with Crippen molar-refractivity contribution in [1.29, 1.82) is 0 Å². The molecule has 1 unspecified atom stereocenters. The van der Waals surface area contributed by atoms with Gasteiger partial charge in [-0.25, -0.2) is 13.1 Å². The fourth-order valence-electron chi connectivity index (χ4n) is 3.01. The highest BCUT2D eigenvalue weighted by molar-refractivity contribution is 7.89. The Labute approximate surface area is 146 Å². The molecule has 134 valence electrons. The van der Waals surface area contributed by atoms with E-state index in [1.807, 2.05) is 6.07 Å². The predicted molar refractivity (Wildman–Crippen MR) is 92.4 cm³/mol. The first kappa shape index (κ1) is 17.7. The third-order valence-corrected chi connectivity index (χ3v) is 5.81. The number of furan rings is 1. The van der Waals surface area contributed by atoms with Gasteiger partial charge in [0.1, 0.15) is 5.76 Å². The van der Waals surface area contributed by atoms with Gasteiger partial charge in [-0.2, -0.15) is 0 Å². The first-order valence-corrected chi connectivity index (χ1v) is 9.63. The van der Waals surface area contributed by atoms with Gasteiger partial charge in [-0.15, -0.1) is 0 Å². The Hall–Kier alpha value is -2.16. The molecule has 0 saturated carbocycles. The minimum atomic E-state index is -3.69. The number of sulfonamides is 1. The number of nitrogens with two attached hydrogens (primary N) is 1. The van der Waals surface area contributed by atoms with E-state index in [9.17, 15) is 13.2 Å². The molecule has 2 aromatic rings.